The summed E-state index contributed by atoms with van der Waals surface area (Å²) in [6.07, 6.45) is 48.0. The number of thiol groups is 1. The van der Waals surface area contributed by atoms with Crippen LogP contribution in [0.4, 0.5) is 0 Å². The Balaban J connectivity index is 3.00. The van der Waals surface area contributed by atoms with Crippen molar-refractivity contribution in [3.8, 4) is 0 Å². The molecule has 0 fully saturated rings. The Labute approximate surface area is 242 Å². The van der Waals surface area contributed by atoms with Crippen molar-refractivity contribution in [2.24, 2.45) is 5.73 Å². The highest BCUT2D eigenvalue weighted by Crippen LogP contribution is 2.16. The van der Waals surface area contributed by atoms with Crippen molar-refractivity contribution >= 4 is 12.6 Å². The molecule has 0 unspecified atom stereocenters. The van der Waals surface area contributed by atoms with Gasteiger partial charge in [0.15, 0.2) is 0 Å². The van der Waals surface area contributed by atoms with Gasteiger partial charge in [0.25, 0.3) is 0 Å². The lowest BCUT2D eigenvalue weighted by Gasteiger charge is -2.05. The average molecular weight is 540 g/mol. The molecule has 0 aliphatic rings. The lowest BCUT2D eigenvalue weighted by atomic mass is 10.0. The molecular formula is C35H73NS. The average Bonchev–Trinajstić information content (AvgIpc) is 2.91. The zero-order chi connectivity index (χ0) is 26.7. The van der Waals surface area contributed by atoms with Crippen LogP contribution in [0.5, 0.6) is 0 Å². The summed E-state index contributed by atoms with van der Waals surface area (Å²) in [6.45, 7) is 0.874. The zero-order valence-corrected chi connectivity index (χ0v) is 26.7. The van der Waals surface area contributed by atoms with Gasteiger partial charge in [0, 0.05) is 0 Å². The van der Waals surface area contributed by atoms with Crippen LogP contribution in [0.3, 0.4) is 0 Å². The molecule has 0 aliphatic heterocycles. The Kier molecular flexibility index (Phi) is 36.6. The van der Waals surface area contributed by atoms with E-state index in [0.717, 1.165) is 12.3 Å². The second-order valence-electron chi connectivity index (χ2n) is 12.2. The molecule has 0 aromatic rings. The van der Waals surface area contributed by atoms with Gasteiger partial charge in [0.2, 0.25) is 0 Å². The summed E-state index contributed by atoms with van der Waals surface area (Å²) in [7, 11) is 0. The molecule has 0 aromatic carbocycles. The molecule has 0 saturated heterocycles. The summed E-state index contributed by atoms with van der Waals surface area (Å²) < 4.78 is 0. The third kappa shape index (κ3) is 36.3. The van der Waals surface area contributed by atoms with Gasteiger partial charge in [-0.3, -0.25) is 0 Å². The maximum atomic E-state index is 5.54. The first-order chi connectivity index (χ1) is 18.4. The fraction of sp³-hybridized carbons (Fsp3) is 1.00. The van der Waals surface area contributed by atoms with E-state index < -0.39 is 0 Å². The molecule has 0 aliphatic carbocycles. The molecule has 0 atom stereocenters. The minimum atomic E-state index is 0.874. The van der Waals surface area contributed by atoms with E-state index in [1.165, 1.54) is 212 Å². The zero-order valence-electron chi connectivity index (χ0n) is 25.8. The summed E-state index contributed by atoms with van der Waals surface area (Å²) in [5, 5.41) is 0. The first kappa shape index (κ1) is 37.3. The van der Waals surface area contributed by atoms with Gasteiger partial charge in [-0.2, -0.15) is 12.6 Å². The second-order valence-corrected chi connectivity index (χ2v) is 12.6. The van der Waals surface area contributed by atoms with E-state index in [9.17, 15) is 0 Å². The molecule has 0 aromatic heterocycles. The van der Waals surface area contributed by atoms with Crippen LogP contribution >= 0.6 is 12.6 Å². The molecule has 224 valence electrons. The van der Waals surface area contributed by atoms with Gasteiger partial charge in [-0.05, 0) is 25.1 Å². The molecule has 2 N–H and O–H groups in total. The van der Waals surface area contributed by atoms with Crippen LogP contribution in [-0.4, -0.2) is 12.3 Å². The molecule has 0 amide bonds. The van der Waals surface area contributed by atoms with E-state index in [0.29, 0.717) is 0 Å². The quantitative estimate of drug-likeness (QED) is 0.0617. The summed E-state index contributed by atoms with van der Waals surface area (Å²) in [5.41, 5.74) is 5.54. The minimum Gasteiger partial charge on any atom is -0.330 e. The number of hydrogen-bond acceptors (Lipinski definition) is 2. The molecular weight excluding hydrogens is 466 g/mol. The molecule has 37 heavy (non-hydrogen) atoms. The van der Waals surface area contributed by atoms with Crippen LogP contribution in [0.2, 0.25) is 0 Å². The highest BCUT2D eigenvalue weighted by Gasteiger charge is 1.97. The number of hydrogen-bond donors (Lipinski definition) is 2. The van der Waals surface area contributed by atoms with Gasteiger partial charge in [-0.1, -0.05) is 199 Å². The van der Waals surface area contributed by atoms with Gasteiger partial charge in [-0.15, -0.1) is 0 Å². The third-order valence-corrected chi connectivity index (χ3v) is 8.68. The molecule has 0 spiro atoms. The largest absolute Gasteiger partial charge is 0.330 e. The van der Waals surface area contributed by atoms with Gasteiger partial charge >= 0.3 is 0 Å². The second kappa shape index (κ2) is 36.3. The summed E-state index contributed by atoms with van der Waals surface area (Å²) in [5.74, 6) is 1.07. The highest BCUT2D eigenvalue weighted by atomic mass is 32.1. The molecule has 0 rings (SSSR count). The molecule has 1 nitrogen and oxygen atoms in total. The van der Waals surface area contributed by atoms with Crippen LogP contribution < -0.4 is 5.73 Å². The summed E-state index contributed by atoms with van der Waals surface area (Å²) in [6, 6.07) is 0. The minimum absolute atomic E-state index is 0.874. The smallest absolute Gasteiger partial charge is 0.00773 e. The van der Waals surface area contributed by atoms with Crippen LogP contribution in [-0.2, 0) is 0 Å². The van der Waals surface area contributed by atoms with Crippen molar-refractivity contribution in [3.05, 3.63) is 0 Å². The monoisotopic (exact) mass is 540 g/mol. The van der Waals surface area contributed by atoms with Crippen molar-refractivity contribution in [2.45, 2.75) is 212 Å². The molecule has 0 bridgehead atoms. The predicted octanol–water partition coefficient (Wildman–Crippen LogP) is 12.7. The van der Waals surface area contributed by atoms with Gasteiger partial charge in [0.05, 0.1) is 0 Å². The number of unbranched alkanes of at least 4 members (excludes halogenated alkanes) is 32. The fourth-order valence-electron chi connectivity index (χ4n) is 5.74. The maximum Gasteiger partial charge on any atom is -0.00773 e. The van der Waals surface area contributed by atoms with Crippen molar-refractivity contribution in [1.29, 1.82) is 0 Å². The fourth-order valence-corrected chi connectivity index (χ4v) is 5.96. The summed E-state index contributed by atoms with van der Waals surface area (Å²) in [4.78, 5) is 0. The topological polar surface area (TPSA) is 26.0 Å². The Bertz CT molecular complexity index is 338. The van der Waals surface area contributed by atoms with E-state index in [1.807, 2.05) is 0 Å². The lowest BCUT2D eigenvalue weighted by Crippen LogP contribution is -1.97. The van der Waals surface area contributed by atoms with E-state index in [4.69, 9.17) is 5.73 Å². The standard InChI is InChI=1S/C35H73NS/c36-34-32-30-28-26-24-22-20-18-16-14-12-10-8-6-4-2-1-3-5-7-9-11-13-15-17-19-21-23-25-27-29-31-33-35-37/h37H,1-36H2. The Hall–Kier alpha value is 0.310. The van der Waals surface area contributed by atoms with E-state index >= 15 is 0 Å². The maximum absolute atomic E-state index is 5.54. The van der Waals surface area contributed by atoms with Gasteiger partial charge in [-0.25, -0.2) is 0 Å². The first-order valence-electron chi connectivity index (χ1n) is 17.7. The van der Waals surface area contributed by atoms with Crippen LogP contribution in [0.15, 0.2) is 0 Å². The van der Waals surface area contributed by atoms with Crippen molar-refractivity contribution in [3.63, 3.8) is 0 Å². The SMILES string of the molecule is NCCCCCCCCCCCCCCCCCCCCCCCCCCCCCCCCCCCS. The Morgan fingerprint density at radius 1 is 0.216 bits per heavy atom. The normalized spacial score (nSPS) is 11.5. The van der Waals surface area contributed by atoms with Crippen LogP contribution in [0.1, 0.15) is 212 Å². The molecule has 2 heteroatoms. The first-order valence-corrected chi connectivity index (χ1v) is 18.4. The van der Waals surface area contributed by atoms with Crippen molar-refractivity contribution < 1.29 is 0 Å². The van der Waals surface area contributed by atoms with E-state index in [-0.39, 0.29) is 0 Å². The van der Waals surface area contributed by atoms with Gasteiger partial charge in [0.1, 0.15) is 0 Å². The molecule has 0 saturated carbocycles. The number of rotatable bonds is 34. The lowest BCUT2D eigenvalue weighted by molar-refractivity contribution is 0.511. The Morgan fingerprint density at radius 2 is 0.351 bits per heavy atom. The van der Waals surface area contributed by atoms with Crippen LogP contribution in [0, 0.1) is 0 Å². The van der Waals surface area contributed by atoms with Crippen molar-refractivity contribution in [2.75, 3.05) is 12.3 Å². The van der Waals surface area contributed by atoms with Crippen LogP contribution in [0.25, 0.3) is 0 Å². The molecule has 0 heterocycles. The van der Waals surface area contributed by atoms with Gasteiger partial charge < -0.3 is 5.73 Å². The van der Waals surface area contributed by atoms with Crippen molar-refractivity contribution in [1.82, 2.24) is 0 Å². The molecule has 0 radical (unpaired) electrons. The third-order valence-electron chi connectivity index (χ3n) is 8.36. The van der Waals surface area contributed by atoms with E-state index in [1.54, 1.807) is 0 Å². The number of nitrogens with two attached hydrogens (primary N) is 1. The predicted molar refractivity (Wildman–Crippen MR) is 175 cm³/mol. The summed E-state index contributed by atoms with van der Waals surface area (Å²) >= 11 is 4.29. The van der Waals surface area contributed by atoms with E-state index in [2.05, 4.69) is 12.6 Å². The Morgan fingerprint density at radius 3 is 0.486 bits per heavy atom. The highest BCUT2D eigenvalue weighted by molar-refractivity contribution is 7.80.